The fraction of sp³-hybridized carbons (Fsp3) is 0.750. The number of methoxy groups -OCH3 is 1. The number of hydrogen-bond donors (Lipinski definition) is 1. The molecule has 0 bridgehead atoms. The largest absolute Gasteiger partial charge is 0.493 e. The summed E-state index contributed by atoms with van der Waals surface area (Å²) in [5, 5.41) is 4.44. The van der Waals surface area contributed by atoms with Gasteiger partial charge in [-0.05, 0) is 18.3 Å². The Kier molecular flexibility index (Phi) is 2.93. The number of nitrogens with two attached hydrogens (primary N) is 1. The van der Waals surface area contributed by atoms with E-state index < -0.39 is 0 Å². The molecule has 0 spiro atoms. The predicted molar refractivity (Wildman–Crippen MR) is 63.3 cm³/mol. The van der Waals surface area contributed by atoms with Crippen molar-refractivity contribution in [1.29, 1.82) is 0 Å². The summed E-state index contributed by atoms with van der Waals surface area (Å²) in [4.78, 5) is 0. The van der Waals surface area contributed by atoms with Crippen LogP contribution in [0.3, 0.4) is 0 Å². The second-order valence-corrected chi connectivity index (χ2v) is 5.10. The third-order valence-electron chi connectivity index (χ3n) is 3.83. The molecule has 0 radical (unpaired) electrons. The van der Waals surface area contributed by atoms with E-state index in [4.69, 9.17) is 10.5 Å². The molecule has 0 aliphatic heterocycles. The zero-order chi connectivity index (χ0) is 11.8. The Morgan fingerprint density at radius 3 is 2.69 bits per heavy atom. The van der Waals surface area contributed by atoms with Crippen LogP contribution in [0.4, 0.5) is 0 Å². The van der Waals surface area contributed by atoms with Gasteiger partial charge in [0.2, 0.25) is 0 Å². The molecule has 4 heteroatoms. The van der Waals surface area contributed by atoms with Gasteiger partial charge >= 0.3 is 0 Å². The molecule has 1 saturated carbocycles. The van der Waals surface area contributed by atoms with Gasteiger partial charge in [0.1, 0.15) is 5.69 Å². The van der Waals surface area contributed by atoms with Crippen LogP contribution in [0.15, 0.2) is 6.20 Å². The molecule has 1 aromatic rings. The lowest BCUT2D eigenvalue weighted by Crippen LogP contribution is -2.30. The molecular formula is C12H21N3O. The van der Waals surface area contributed by atoms with Crippen molar-refractivity contribution in [3.05, 3.63) is 11.9 Å². The highest BCUT2D eigenvalue weighted by molar-refractivity contribution is 5.29. The van der Waals surface area contributed by atoms with Gasteiger partial charge in [0.15, 0.2) is 5.75 Å². The van der Waals surface area contributed by atoms with E-state index in [9.17, 15) is 0 Å². The van der Waals surface area contributed by atoms with E-state index in [0.717, 1.165) is 11.4 Å². The van der Waals surface area contributed by atoms with Crippen LogP contribution in [0, 0.1) is 5.41 Å². The van der Waals surface area contributed by atoms with Crippen molar-refractivity contribution in [3.63, 3.8) is 0 Å². The average molecular weight is 223 g/mol. The minimum atomic E-state index is -0.0221. The summed E-state index contributed by atoms with van der Waals surface area (Å²) in [6.45, 7) is 2.26. The maximum absolute atomic E-state index is 6.37. The molecule has 1 aromatic heterocycles. The standard InChI is InChI=1S/C12H21N3O/c1-12(6-4-5-7-12)11(13)10-9(16-3)8-15(2)14-10/h8,11H,4-7,13H2,1-3H3/t11-/m0/s1. The van der Waals surface area contributed by atoms with Crippen LogP contribution >= 0.6 is 0 Å². The zero-order valence-corrected chi connectivity index (χ0v) is 10.4. The summed E-state index contributed by atoms with van der Waals surface area (Å²) >= 11 is 0. The first-order valence-electron chi connectivity index (χ1n) is 5.90. The first kappa shape index (κ1) is 11.5. The lowest BCUT2D eigenvalue weighted by Gasteiger charge is -2.30. The van der Waals surface area contributed by atoms with E-state index in [-0.39, 0.29) is 11.5 Å². The Bertz CT molecular complexity index is 366. The van der Waals surface area contributed by atoms with E-state index in [1.807, 2.05) is 13.2 Å². The Morgan fingerprint density at radius 1 is 1.50 bits per heavy atom. The van der Waals surface area contributed by atoms with E-state index >= 15 is 0 Å². The Labute approximate surface area is 96.8 Å². The molecule has 0 saturated heterocycles. The van der Waals surface area contributed by atoms with Crippen molar-refractivity contribution >= 4 is 0 Å². The number of aromatic nitrogens is 2. The summed E-state index contributed by atoms with van der Waals surface area (Å²) < 4.78 is 7.10. The minimum Gasteiger partial charge on any atom is -0.493 e. The number of rotatable bonds is 3. The highest BCUT2D eigenvalue weighted by atomic mass is 16.5. The smallest absolute Gasteiger partial charge is 0.161 e. The fourth-order valence-electron chi connectivity index (χ4n) is 2.68. The quantitative estimate of drug-likeness (QED) is 0.852. The fourth-order valence-corrected chi connectivity index (χ4v) is 2.68. The minimum absolute atomic E-state index is 0.0221. The van der Waals surface area contributed by atoms with Crippen molar-refractivity contribution in [2.75, 3.05) is 7.11 Å². The molecule has 0 aromatic carbocycles. The summed E-state index contributed by atoms with van der Waals surface area (Å²) in [5.41, 5.74) is 7.45. The molecule has 2 rings (SSSR count). The SMILES string of the molecule is COc1cn(C)nc1[C@H](N)C1(C)CCCC1. The van der Waals surface area contributed by atoms with E-state index in [1.165, 1.54) is 25.7 Å². The van der Waals surface area contributed by atoms with Gasteiger partial charge in [0.25, 0.3) is 0 Å². The van der Waals surface area contributed by atoms with Crippen LogP contribution < -0.4 is 10.5 Å². The molecule has 0 amide bonds. The predicted octanol–water partition coefficient (Wildman–Crippen LogP) is 2.01. The normalized spacial score (nSPS) is 21.0. The zero-order valence-electron chi connectivity index (χ0n) is 10.4. The van der Waals surface area contributed by atoms with Gasteiger partial charge in [-0.2, -0.15) is 5.10 Å². The van der Waals surface area contributed by atoms with Crippen LogP contribution in [0.5, 0.6) is 5.75 Å². The van der Waals surface area contributed by atoms with Gasteiger partial charge in [-0.1, -0.05) is 19.8 Å². The summed E-state index contributed by atoms with van der Waals surface area (Å²) in [7, 11) is 3.57. The first-order valence-corrected chi connectivity index (χ1v) is 5.90. The summed E-state index contributed by atoms with van der Waals surface area (Å²) in [5.74, 6) is 0.808. The Balaban J connectivity index is 2.28. The lowest BCUT2D eigenvalue weighted by molar-refractivity contribution is 0.254. The molecule has 90 valence electrons. The van der Waals surface area contributed by atoms with Crippen LogP contribution in [0.25, 0.3) is 0 Å². The molecule has 1 heterocycles. The molecule has 2 N–H and O–H groups in total. The molecular weight excluding hydrogens is 202 g/mol. The second kappa shape index (κ2) is 4.09. The summed E-state index contributed by atoms with van der Waals surface area (Å²) in [6.07, 6.45) is 6.81. The van der Waals surface area contributed by atoms with E-state index in [2.05, 4.69) is 12.0 Å². The molecule has 1 atom stereocenters. The van der Waals surface area contributed by atoms with Crippen LogP contribution in [-0.4, -0.2) is 16.9 Å². The van der Waals surface area contributed by atoms with Gasteiger partial charge in [-0.15, -0.1) is 0 Å². The van der Waals surface area contributed by atoms with Gasteiger partial charge in [0.05, 0.1) is 19.3 Å². The number of hydrogen-bond acceptors (Lipinski definition) is 3. The van der Waals surface area contributed by atoms with Gasteiger partial charge in [-0.25, -0.2) is 0 Å². The third-order valence-corrected chi connectivity index (χ3v) is 3.83. The first-order chi connectivity index (χ1) is 7.57. The maximum atomic E-state index is 6.37. The van der Waals surface area contributed by atoms with Gasteiger partial charge < -0.3 is 10.5 Å². The van der Waals surface area contributed by atoms with Crippen molar-refractivity contribution in [2.24, 2.45) is 18.2 Å². The van der Waals surface area contributed by atoms with Crippen LogP contribution in [-0.2, 0) is 7.05 Å². The van der Waals surface area contributed by atoms with E-state index in [0.29, 0.717) is 0 Å². The summed E-state index contributed by atoms with van der Waals surface area (Å²) in [6, 6.07) is -0.0221. The topological polar surface area (TPSA) is 53.1 Å². The van der Waals surface area contributed by atoms with Gasteiger partial charge in [-0.3, -0.25) is 4.68 Å². The highest BCUT2D eigenvalue weighted by Crippen LogP contribution is 2.47. The number of nitrogens with zero attached hydrogens (tertiary/aromatic N) is 2. The average Bonchev–Trinajstić information content (AvgIpc) is 2.84. The molecule has 0 unspecified atom stereocenters. The van der Waals surface area contributed by atoms with Crippen LogP contribution in [0.2, 0.25) is 0 Å². The molecule has 1 aliphatic carbocycles. The maximum Gasteiger partial charge on any atom is 0.161 e. The molecule has 1 fully saturated rings. The molecule has 16 heavy (non-hydrogen) atoms. The number of ether oxygens (including phenoxy) is 1. The molecule has 4 nitrogen and oxygen atoms in total. The third kappa shape index (κ3) is 1.82. The van der Waals surface area contributed by atoms with Crippen molar-refractivity contribution in [2.45, 2.75) is 38.6 Å². The molecule has 1 aliphatic rings. The van der Waals surface area contributed by atoms with Crippen molar-refractivity contribution < 1.29 is 4.74 Å². The highest BCUT2D eigenvalue weighted by Gasteiger charge is 2.38. The Morgan fingerprint density at radius 2 is 2.12 bits per heavy atom. The Hall–Kier alpha value is -1.03. The van der Waals surface area contributed by atoms with Crippen molar-refractivity contribution in [1.82, 2.24) is 9.78 Å². The number of aryl methyl sites for hydroxylation is 1. The van der Waals surface area contributed by atoms with Crippen molar-refractivity contribution in [3.8, 4) is 5.75 Å². The van der Waals surface area contributed by atoms with Gasteiger partial charge in [0, 0.05) is 7.05 Å². The monoisotopic (exact) mass is 223 g/mol. The lowest BCUT2D eigenvalue weighted by atomic mass is 9.79. The second-order valence-electron chi connectivity index (χ2n) is 5.10. The van der Waals surface area contributed by atoms with E-state index in [1.54, 1.807) is 11.8 Å². The van der Waals surface area contributed by atoms with Crippen LogP contribution in [0.1, 0.15) is 44.3 Å².